The van der Waals surface area contributed by atoms with Gasteiger partial charge >= 0.3 is 5.97 Å². The summed E-state index contributed by atoms with van der Waals surface area (Å²) in [7, 11) is 0. The van der Waals surface area contributed by atoms with Gasteiger partial charge in [-0.3, -0.25) is 4.79 Å². The number of aliphatic carboxylic acids is 1. The molecule has 1 fully saturated rings. The van der Waals surface area contributed by atoms with E-state index < -0.39 is 11.4 Å². The Kier molecular flexibility index (Phi) is 3.90. The number of rotatable bonds is 5. The van der Waals surface area contributed by atoms with E-state index in [0.717, 1.165) is 34.2 Å². The molecule has 0 aromatic heterocycles. The van der Waals surface area contributed by atoms with Crippen LogP contribution in [-0.2, 0) is 10.2 Å². The predicted octanol–water partition coefficient (Wildman–Crippen LogP) is 4.05. The van der Waals surface area contributed by atoms with Gasteiger partial charge in [0.05, 0.1) is 17.0 Å². The highest BCUT2D eigenvalue weighted by Gasteiger charge is 2.32. The van der Waals surface area contributed by atoms with Crippen molar-refractivity contribution in [2.75, 3.05) is 0 Å². The topological polar surface area (TPSA) is 46.5 Å². The number of carboxylic acids is 1. The van der Waals surface area contributed by atoms with E-state index in [1.165, 1.54) is 0 Å². The fourth-order valence-electron chi connectivity index (χ4n) is 2.18. The van der Waals surface area contributed by atoms with Gasteiger partial charge in [0.1, 0.15) is 5.75 Å². The molecule has 19 heavy (non-hydrogen) atoms. The van der Waals surface area contributed by atoms with Crippen molar-refractivity contribution >= 4 is 21.9 Å². The Balaban J connectivity index is 2.43. The normalized spacial score (nSPS) is 15.4. The first-order valence-corrected chi connectivity index (χ1v) is 7.28. The van der Waals surface area contributed by atoms with Crippen LogP contribution in [0.25, 0.3) is 0 Å². The first-order valence-electron chi connectivity index (χ1n) is 6.48. The van der Waals surface area contributed by atoms with Gasteiger partial charge in [-0.1, -0.05) is 19.9 Å². The molecule has 0 heterocycles. The van der Waals surface area contributed by atoms with Gasteiger partial charge in [0.15, 0.2) is 0 Å². The molecule has 3 nitrogen and oxygen atoms in total. The Morgan fingerprint density at radius 2 is 2.11 bits per heavy atom. The van der Waals surface area contributed by atoms with Gasteiger partial charge in [0, 0.05) is 11.0 Å². The summed E-state index contributed by atoms with van der Waals surface area (Å²) in [5.74, 6) is 0.0133. The van der Waals surface area contributed by atoms with Crippen molar-refractivity contribution in [2.24, 2.45) is 0 Å². The highest BCUT2D eigenvalue weighted by atomic mass is 79.9. The average molecular weight is 327 g/mol. The molecule has 0 saturated heterocycles. The highest BCUT2D eigenvalue weighted by Crippen LogP contribution is 2.42. The molecule has 0 bridgehead atoms. The van der Waals surface area contributed by atoms with Crippen LogP contribution >= 0.6 is 15.9 Å². The number of ether oxygens (including phenoxy) is 1. The summed E-state index contributed by atoms with van der Waals surface area (Å²) in [6.45, 7) is 5.90. The maximum absolute atomic E-state index is 11.1. The van der Waals surface area contributed by atoms with Crippen LogP contribution in [0.4, 0.5) is 0 Å². The molecule has 1 aromatic rings. The predicted molar refractivity (Wildman–Crippen MR) is 77.8 cm³/mol. The first-order chi connectivity index (χ1) is 8.79. The number of benzene rings is 1. The number of hydrogen-bond donors (Lipinski definition) is 1. The van der Waals surface area contributed by atoms with Crippen molar-refractivity contribution in [1.82, 2.24) is 0 Å². The molecule has 104 valence electrons. The third-order valence-electron chi connectivity index (χ3n) is 3.32. The van der Waals surface area contributed by atoms with Gasteiger partial charge in [-0.25, -0.2) is 0 Å². The summed E-state index contributed by atoms with van der Waals surface area (Å²) in [5.41, 5.74) is 1.61. The van der Waals surface area contributed by atoms with Crippen LogP contribution in [0.1, 0.15) is 44.2 Å². The number of carboxylic acid groups (broad SMARTS) is 1. The van der Waals surface area contributed by atoms with Gasteiger partial charge < -0.3 is 9.84 Å². The second-order valence-electron chi connectivity index (χ2n) is 5.90. The van der Waals surface area contributed by atoms with E-state index in [1.807, 2.05) is 32.9 Å². The zero-order valence-electron chi connectivity index (χ0n) is 11.5. The lowest BCUT2D eigenvalue weighted by Gasteiger charge is -2.27. The van der Waals surface area contributed by atoms with Crippen LogP contribution in [0, 0.1) is 6.92 Å². The second-order valence-corrected chi connectivity index (χ2v) is 6.75. The van der Waals surface area contributed by atoms with Crippen molar-refractivity contribution in [3.63, 3.8) is 0 Å². The lowest BCUT2D eigenvalue weighted by molar-refractivity contribution is -0.138. The molecule has 0 unspecified atom stereocenters. The van der Waals surface area contributed by atoms with Crippen molar-refractivity contribution in [2.45, 2.75) is 51.6 Å². The molecule has 0 atom stereocenters. The van der Waals surface area contributed by atoms with E-state index in [4.69, 9.17) is 9.84 Å². The molecule has 2 rings (SSSR count). The molecule has 0 radical (unpaired) electrons. The summed E-state index contributed by atoms with van der Waals surface area (Å²) < 4.78 is 6.88. The zero-order valence-corrected chi connectivity index (χ0v) is 13.1. The Morgan fingerprint density at radius 3 is 2.63 bits per heavy atom. The Hall–Kier alpha value is -1.03. The Bertz CT molecular complexity index is 504. The lowest BCUT2D eigenvalue weighted by Crippen LogP contribution is -2.23. The van der Waals surface area contributed by atoms with Crippen molar-refractivity contribution in [1.29, 1.82) is 0 Å². The van der Waals surface area contributed by atoms with Crippen molar-refractivity contribution in [3.8, 4) is 5.75 Å². The van der Waals surface area contributed by atoms with E-state index in [9.17, 15) is 4.79 Å². The van der Waals surface area contributed by atoms with Crippen LogP contribution in [0.3, 0.4) is 0 Å². The van der Waals surface area contributed by atoms with Gasteiger partial charge in [-0.2, -0.15) is 0 Å². The summed E-state index contributed by atoms with van der Waals surface area (Å²) in [6, 6.07) is 4.05. The molecule has 0 aliphatic heterocycles. The summed E-state index contributed by atoms with van der Waals surface area (Å²) in [4.78, 5) is 11.1. The summed E-state index contributed by atoms with van der Waals surface area (Å²) in [5, 5.41) is 9.08. The summed E-state index contributed by atoms with van der Waals surface area (Å²) in [6.07, 6.45) is 2.54. The standard InChI is InChI=1S/C15H19BrO3/c1-9-6-11(15(2,3)8-13(17)18)14(12(16)7-9)19-10-4-5-10/h6-7,10H,4-5,8H2,1-3H3,(H,17,18). The minimum absolute atomic E-state index is 0.0872. The van der Waals surface area contributed by atoms with E-state index >= 15 is 0 Å². The molecule has 1 aliphatic rings. The first kappa shape index (κ1) is 14.4. The highest BCUT2D eigenvalue weighted by molar-refractivity contribution is 9.10. The van der Waals surface area contributed by atoms with Crippen LogP contribution in [-0.4, -0.2) is 17.2 Å². The average Bonchev–Trinajstić information content (AvgIpc) is 3.03. The van der Waals surface area contributed by atoms with E-state index in [0.29, 0.717) is 6.10 Å². The van der Waals surface area contributed by atoms with E-state index in [1.54, 1.807) is 0 Å². The van der Waals surface area contributed by atoms with Crippen molar-refractivity contribution in [3.05, 3.63) is 27.7 Å². The third-order valence-corrected chi connectivity index (χ3v) is 3.91. The smallest absolute Gasteiger partial charge is 0.304 e. The van der Waals surface area contributed by atoms with Gasteiger partial charge in [0.25, 0.3) is 0 Å². The molecule has 0 amide bonds. The Labute approximate surface area is 122 Å². The maximum atomic E-state index is 11.1. The molecule has 1 aliphatic carbocycles. The van der Waals surface area contributed by atoms with Crippen LogP contribution in [0.5, 0.6) is 5.75 Å². The molecule has 1 aromatic carbocycles. The SMILES string of the molecule is Cc1cc(Br)c(OC2CC2)c(C(C)(C)CC(=O)O)c1. The van der Waals surface area contributed by atoms with E-state index in [2.05, 4.69) is 15.9 Å². The van der Waals surface area contributed by atoms with E-state index in [-0.39, 0.29) is 6.42 Å². The number of carbonyl (C=O) groups is 1. The summed E-state index contributed by atoms with van der Waals surface area (Å²) >= 11 is 3.54. The molecule has 1 N–H and O–H groups in total. The van der Waals surface area contributed by atoms with Gasteiger partial charge in [-0.05, 0) is 47.3 Å². The molecule has 4 heteroatoms. The van der Waals surface area contributed by atoms with Crippen LogP contribution in [0.2, 0.25) is 0 Å². The Morgan fingerprint density at radius 1 is 1.47 bits per heavy atom. The molecular weight excluding hydrogens is 308 g/mol. The minimum Gasteiger partial charge on any atom is -0.489 e. The minimum atomic E-state index is -0.792. The third kappa shape index (κ3) is 3.50. The molecular formula is C15H19BrO3. The second kappa shape index (κ2) is 5.16. The fourth-order valence-corrected chi connectivity index (χ4v) is 2.85. The fraction of sp³-hybridized carbons (Fsp3) is 0.533. The van der Waals surface area contributed by atoms with Crippen LogP contribution in [0.15, 0.2) is 16.6 Å². The van der Waals surface area contributed by atoms with Crippen LogP contribution < -0.4 is 4.74 Å². The number of hydrogen-bond acceptors (Lipinski definition) is 2. The quantitative estimate of drug-likeness (QED) is 0.887. The maximum Gasteiger partial charge on any atom is 0.304 e. The monoisotopic (exact) mass is 326 g/mol. The van der Waals surface area contributed by atoms with Crippen molar-refractivity contribution < 1.29 is 14.6 Å². The molecule has 0 spiro atoms. The zero-order chi connectivity index (χ0) is 14.2. The lowest BCUT2D eigenvalue weighted by atomic mass is 9.80. The number of aryl methyl sites for hydroxylation is 1. The van der Waals surface area contributed by atoms with Gasteiger partial charge in [-0.15, -0.1) is 0 Å². The number of halogens is 1. The molecule has 1 saturated carbocycles. The van der Waals surface area contributed by atoms with Gasteiger partial charge in [0.2, 0.25) is 0 Å². The largest absolute Gasteiger partial charge is 0.489 e.